The number of hydrogen-bond acceptors (Lipinski definition) is 7. The molecule has 1 aliphatic rings. The molecule has 3 heterocycles. The number of fused-ring (bicyclic) bond motifs is 1. The lowest BCUT2D eigenvalue weighted by Crippen LogP contribution is -2.41. The first-order chi connectivity index (χ1) is 15.9. The molecule has 1 fully saturated rings. The molecule has 0 atom stereocenters. The molecule has 0 radical (unpaired) electrons. The number of pyridine rings is 2. The van der Waals surface area contributed by atoms with Gasteiger partial charge in [-0.2, -0.15) is 0 Å². The lowest BCUT2D eigenvalue weighted by molar-refractivity contribution is -0.121. The van der Waals surface area contributed by atoms with Gasteiger partial charge in [0.1, 0.15) is 17.3 Å². The van der Waals surface area contributed by atoms with E-state index in [9.17, 15) is 9.59 Å². The van der Waals surface area contributed by atoms with Crippen LogP contribution in [0.3, 0.4) is 0 Å². The van der Waals surface area contributed by atoms with Gasteiger partial charge < -0.3 is 15.0 Å². The van der Waals surface area contributed by atoms with E-state index in [1.54, 1.807) is 48.1 Å². The summed E-state index contributed by atoms with van der Waals surface area (Å²) >= 11 is 0. The Morgan fingerprint density at radius 2 is 1.85 bits per heavy atom. The highest BCUT2D eigenvalue weighted by atomic mass is 16.5. The van der Waals surface area contributed by atoms with Crippen LogP contribution in [0, 0.1) is 5.92 Å². The smallest absolute Gasteiger partial charge is 0.276 e. The summed E-state index contributed by atoms with van der Waals surface area (Å²) in [6, 6.07) is 10.8. The van der Waals surface area contributed by atoms with Crippen molar-refractivity contribution in [3.05, 3.63) is 54.4 Å². The second-order valence-corrected chi connectivity index (χ2v) is 8.39. The maximum Gasteiger partial charge on any atom is 0.276 e. The number of nitrogens with zero attached hydrogens (tertiary/aromatic N) is 3. The number of amides is 2. The molecule has 33 heavy (non-hydrogen) atoms. The van der Waals surface area contributed by atoms with E-state index in [1.165, 1.54) is 6.20 Å². The molecule has 1 aromatic carbocycles. The molecule has 3 aromatic rings. The summed E-state index contributed by atoms with van der Waals surface area (Å²) in [4.78, 5) is 35.1. The molecule has 3 N–H and O–H groups in total. The molecule has 0 spiro atoms. The Bertz CT molecular complexity index is 1160. The standard InChI is InChI=1S/C24H27N5O4/c1-15(2)29-9-6-16(7-10-29)23(30)27-22-13-20(5-8-25-22)33-19-4-3-17-11-18(24(31)28-32)14-26-21(17)12-19/h3-5,8,11-16,32H,6-7,9-10H2,1-2H3,(H,28,31)(H,25,27,30). The van der Waals surface area contributed by atoms with Gasteiger partial charge in [-0.15, -0.1) is 0 Å². The number of ether oxygens (including phenoxy) is 1. The number of carbonyl (C=O) groups is 2. The molecule has 2 aromatic heterocycles. The van der Waals surface area contributed by atoms with Crippen molar-refractivity contribution in [1.29, 1.82) is 0 Å². The van der Waals surface area contributed by atoms with Crippen LogP contribution < -0.4 is 15.5 Å². The highest BCUT2D eigenvalue weighted by molar-refractivity contribution is 5.96. The van der Waals surface area contributed by atoms with E-state index in [0.29, 0.717) is 28.9 Å². The molecule has 0 saturated carbocycles. The second kappa shape index (κ2) is 9.93. The van der Waals surface area contributed by atoms with Crippen LogP contribution in [0.2, 0.25) is 0 Å². The first-order valence-electron chi connectivity index (χ1n) is 11.0. The zero-order valence-electron chi connectivity index (χ0n) is 18.6. The number of piperidine rings is 1. The molecule has 0 bridgehead atoms. The Morgan fingerprint density at radius 3 is 2.58 bits per heavy atom. The molecule has 9 heteroatoms. The topological polar surface area (TPSA) is 117 Å². The zero-order chi connectivity index (χ0) is 23.4. The van der Waals surface area contributed by atoms with Crippen molar-refractivity contribution >= 4 is 28.5 Å². The van der Waals surface area contributed by atoms with Crippen molar-refractivity contribution in [2.24, 2.45) is 5.92 Å². The minimum Gasteiger partial charge on any atom is -0.457 e. The number of aromatic nitrogens is 2. The fraction of sp³-hybridized carbons (Fsp3) is 0.333. The van der Waals surface area contributed by atoms with E-state index in [2.05, 4.69) is 34.0 Å². The number of hydrogen-bond donors (Lipinski definition) is 3. The third-order valence-corrected chi connectivity index (χ3v) is 5.87. The zero-order valence-corrected chi connectivity index (χ0v) is 18.6. The maximum atomic E-state index is 12.7. The van der Waals surface area contributed by atoms with Crippen molar-refractivity contribution < 1.29 is 19.5 Å². The third-order valence-electron chi connectivity index (χ3n) is 5.87. The quantitative estimate of drug-likeness (QED) is 0.389. The lowest BCUT2D eigenvalue weighted by Gasteiger charge is -2.33. The van der Waals surface area contributed by atoms with Gasteiger partial charge in [-0.3, -0.25) is 19.8 Å². The average Bonchev–Trinajstić information content (AvgIpc) is 2.83. The molecule has 0 unspecified atom stereocenters. The van der Waals surface area contributed by atoms with Crippen molar-refractivity contribution in [3.63, 3.8) is 0 Å². The lowest BCUT2D eigenvalue weighted by atomic mass is 9.95. The largest absolute Gasteiger partial charge is 0.457 e. The number of carbonyl (C=O) groups excluding carboxylic acids is 2. The van der Waals surface area contributed by atoms with Crippen molar-refractivity contribution in [1.82, 2.24) is 20.3 Å². The van der Waals surface area contributed by atoms with Gasteiger partial charge in [-0.25, -0.2) is 10.5 Å². The van der Waals surface area contributed by atoms with Gasteiger partial charge in [0.05, 0.1) is 11.1 Å². The summed E-state index contributed by atoms with van der Waals surface area (Å²) in [5, 5.41) is 12.4. The Hall–Kier alpha value is -3.56. The molecule has 4 rings (SSSR count). The van der Waals surface area contributed by atoms with Crippen molar-refractivity contribution in [3.8, 4) is 11.5 Å². The minimum atomic E-state index is -0.624. The summed E-state index contributed by atoms with van der Waals surface area (Å²) in [6.45, 7) is 6.20. The first-order valence-corrected chi connectivity index (χ1v) is 11.0. The molecule has 1 saturated heterocycles. The van der Waals surface area contributed by atoms with Crippen LogP contribution in [0.1, 0.15) is 37.0 Å². The van der Waals surface area contributed by atoms with Crippen LogP contribution in [0.5, 0.6) is 11.5 Å². The van der Waals surface area contributed by atoms with Crippen LogP contribution >= 0.6 is 0 Å². The number of rotatable bonds is 6. The monoisotopic (exact) mass is 449 g/mol. The van der Waals surface area contributed by atoms with Crippen molar-refractivity contribution in [2.45, 2.75) is 32.7 Å². The second-order valence-electron chi connectivity index (χ2n) is 8.39. The summed E-state index contributed by atoms with van der Waals surface area (Å²) < 4.78 is 5.94. The van der Waals surface area contributed by atoms with Crippen molar-refractivity contribution in [2.75, 3.05) is 18.4 Å². The highest BCUT2D eigenvalue weighted by Gasteiger charge is 2.26. The van der Waals surface area contributed by atoms with E-state index in [0.717, 1.165) is 31.3 Å². The van der Waals surface area contributed by atoms with Gasteiger partial charge in [0.15, 0.2) is 0 Å². The Labute approximate surface area is 191 Å². The molecule has 1 aliphatic heterocycles. The number of anilines is 1. The number of benzene rings is 1. The molecule has 0 aliphatic carbocycles. The van der Waals surface area contributed by atoms with E-state index >= 15 is 0 Å². The van der Waals surface area contributed by atoms with E-state index in [-0.39, 0.29) is 17.4 Å². The highest BCUT2D eigenvalue weighted by Crippen LogP contribution is 2.27. The molecule has 2 amide bonds. The van der Waals surface area contributed by atoms with Crippen LogP contribution in [0.4, 0.5) is 5.82 Å². The Morgan fingerprint density at radius 1 is 1.09 bits per heavy atom. The molecular formula is C24H27N5O4. The Kier molecular flexibility index (Phi) is 6.81. The fourth-order valence-electron chi connectivity index (χ4n) is 3.94. The maximum absolute atomic E-state index is 12.7. The molecule has 172 valence electrons. The van der Waals surface area contributed by atoms with Crippen LogP contribution in [-0.4, -0.2) is 51.0 Å². The number of nitrogens with one attached hydrogen (secondary N) is 2. The average molecular weight is 450 g/mol. The van der Waals surface area contributed by atoms with Gasteiger partial charge in [0.2, 0.25) is 5.91 Å². The van der Waals surface area contributed by atoms with Crippen LogP contribution in [0.15, 0.2) is 48.8 Å². The predicted molar refractivity (Wildman–Crippen MR) is 123 cm³/mol. The summed E-state index contributed by atoms with van der Waals surface area (Å²) in [5.41, 5.74) is 2.48. The van der Waals surface area contributed by atoms with Gasteiger partial charge in [0, 0.05) is 41.9 Å². The normalized spacial score (nSPS) is 14.9. The summed E-state index contributed by atoms with van der Waals surface area (Å²) in [7, 11) is 0. The third kappa shape index (κ3) is 5.44. The summed E-state index contributed by atoms with van der Waals surface area (Å²) in [5.74, 6) is 0.879. The predicted octanol–water partition coefficient (Wildman–Crippen LogP) is 3.60. The molecular weight excluding hydrogens is 422 g/mol. The van der Waals surface area contributed by atoms with E-state index in [4.69, 9.17) is 9.94 Å². The summed E-state index contributed by atoms with van der Waals surface area (Å²) in [6.07, 6.45) is 4.65. The minimum absolute atomic E-state index is 0.0133. The first kappa shape index (κ1) is 22.6. The van der Waals surface area contributed by atoms with Crippen LogP contribution in [-0.2, 0) is 4.79 Å². The fourth-order valence-corrected chi connectivity index (χ4v) is 3.94. The van der Waals surface area contributed by atoms with E-state index in [1.807, 2.05) is 0 Å². The van der Waals surface area contributed by atoms with Gasteiger partial charge in [-0.1, -0.05) is 0 Å². The Balaban J connectivity index is 1.41. The van der Waals surface area contributed by atoms with E-state index < -0.39 is 5.91 Å². The van der Waals surface area contributed by atoms with Crippen LogP contribution in [0.25, 0.3) is 10.9 Å². The number of hydroxylamine groups is 1. The van der Waals surface area contributed by atoms with Gasteiger partial charge >= 0.3 is 0 Å². The molecule has 9 nitrogen and oxygen atoms in total. The number of likely N-dealkylation sites (tertiary alicyclic amines) is 1. The van der Waals surface area contributed by atoms with Gasteiger partial charge in [0.25, 0.3) is 5.91 Å². The SMILES string of the molecule is CC(C)N1CCC(C(=O)Nc2cc(Oc3ccc4cc(C(=O)NO)cnc4c3)ccn2)CC1. The van der Waals surface area contributed by atoms with Gasteiger partial charge in [-0.05, 0) is 64.0 Å².